The highest BCUT2D eigenvalue weighted by molar-refractivity contribution is 6.21. The molecule has 1 saturated carbocycles. The zero-order chi connectivity index (χ0) is 14.6. The van der Waals surface area contributed by atoms with Gasteiger partial charge in [0.05, 0.1) is 11.1 Å². The molecule has 2 aromatic carbocycles. The van der Waals surface area contributed by atoms with E-state index in [0.717, 1.165) is 12.0 Å². The highest BCUT2D eigenvalue weighted by Gasteiger charge is 2.51. The molecule has 0 spiro atoms. The van der Waals surface area contributed by atoms with Crippen LogP contribution in [-0.4, -0.2) is 22.8 Å². The van der Waals surface area contributed by atoms with Gasteiger partial charge in [-0.2, -0.15) is 0 Å². The van der Waals surface area contributed by atoms with Gasteiger partial charge in [-0.25, -0.2) is 4.39 Å². The third-order valence-corrected chi connectivity index (χ3v) is 4.21. The van der Waals surface area contributed by atoms with E-state index in [-0.39, 0.29) is 29.6 Å². The molecule has 1 fully saturated rings. The van der Waals surface area contributed by atoms with E-state index in [9.17, 15) is 14.0 Å². The lowest BCUT2D eigenvalue weighted by Crippen LogP contribution is -2.32. The molecule has 2 aromatic rings. The Kier molecular flexibility index (Phi) is 2.48. The molecule has 4 heteroatoms. The molecular weight excluding hydrogens is 269 g/mol. The van der Waals surface area contributed by atoms with E-state index >= 15 is 0 Å². The van der Waals surface area contributed by atoms with Gasteiger partial charge in [-0.3, -0.25) is 14.5 Å². The van der Waals surface area contributed by atoms with Gasteiger partial charge in [0, 0.05) is 12.0 Å². The van der Waals surface area contributed by atoms with Crippen LogP contribution < -0.4 is 0 Å². The van der Waals surface area contributed by atoms with Crippen molar-refractivity contribution in [2.45, 2.75) is 18.4 Å². The number of nitrogens with zero attached hydrogens (tertiary/aromatic N) is 1. The molecule has 2 amide bonds. The fourth-order valence-corrected chi connectivity index (χ4v) is 3.04. The summed E-state index contributed by atoms with van der Waals surface area (Å²) in [5, 5.41) is 0. The van der Waals surface area contributed by atoms with Crippen LogP contribution in [0.3, 0.4) is 0 Å². The molecular formula is C17H12FNO2. The molecule has 104 valence electrons. The zero-order valence-electron chi connectivity index (χ0n) is 11.1. The van der Waals surface area contributed by atoms with Crippen LogP contribution in [-0.2, 0) is 0 Å². The maximum absolute atomic E-state index is 13.0. The Morgan fingerprint density at radius 3 is 2.05 bits per heavy atom. The number of hydrogen-bond donors (Lipinski definition) is 0. The zero-order valence-corrected chi connectivity index (χ0v) is 11.1. The summed E-state index contributed by atoms with van der Waals surface area (Å²) >= 11 is 0. The van der Waals surface area contributed by atoms with Crippen molar-refractivity contribution in [1.29, 1.82) is 0 Å². The quantitative estimate of drug-likeness (QED) is 0.794. The van der Waals surface area contributed by atoms with E-state index in [1.807, 2.05) is 0 Å². The molecule has 0 saturated heterocycles. The van der Waals surface area contributed by atoms with Crippen molar-refractivity contribution in [3.8, 4) is 0 Å². The highest BCUT2D eigenvalue weighted by Crippen LogP contribution is 2.47. The normalized spacial score (nSPS) is 23.4. The number of carbonyl (C=O) groups is 2. The average Bonchev–Trinajstić information content (AvgIpc) is 3.23. The van der Waals surface area contributed by atoms with E-state index in [2.05, 4.69) is 0 Å². The van der Waals surface area contributed by atoms with E-state index in [1.54, 1.807) is 36.4 Å². The van der Waals surface area contributed by atoms with Crippen LogP contribution >= 0.6 is 0 Å². The van der Waals surface area contributed by atoms with Crippen molar-refractivity contribution in [3.05, 3.63) is 71.0 Å². The molecule has 3 nitrogen and oxygen atoms in total. The summed E-state index contributed by atoms with van der Waals surface area (Å²) in [4.78, 5) is 26.1. The summed E-state index contributed by atoms with van der Waals surface area (Å²) in [6.45, 7) is 0. The Morgan fingerprint density at radius 2 is 1.48 bits per heavy atom. The molecule has 21 heavy (non-hydrogen) atoms. The lowest BCUT2D eigenvalue weighted by atomic mass is 10.1. The largest absolute Gasteiger partial charge is 0.271 e. The molecule has 0 bridgehead atoms. The molecule has 0 radical (unpaired) electrons. The van der Waals surface area contributed by atoms with Crippen LogP contribution in [0.2, 0.25) is 0 Å². The minimum Gasteiger partial charge on any atom is -0.271 e. The maximum atomic E-state index is 13.0. The molecule has 0 N–H and O–H groups in total. The monoisotopic (exact) mass is 281 g/mol. The maximum Gasteiger partial charge on any atom is 0.261 e. The summed E-state index contributed by atoms with van der Waals surface area (Å²) in [5.41, 5.74) is 1.93. The van der Waals surface area contributed by atoms with Crippen LogP contribution in [0.5, 0.6) is 0 Å². The second-order valence-electron chi connectivity index (χ2n) is 5.49. The van der Waals surface area contributed by atoms with Gasteiger partial charge in [-0.1, -0.05) is 24.3 Å². The van der Waals surface area contributed by atoms with Gasteiger partial charge in [-0.05, 0) is 36.2 Å². The number of imide groups is 1. The minimum absolute atomic E-state index is 0.108. The number of benzene rings is 2. The number of halogens is 1. The second-order valence-corrected chi connectivity index (χ2v) is 5.49. The van der Waals surface area contributed by atoms with Crippen LogP contribution in [0.25, 0.3) is 0 Å². The molecule has 1 heterocycles. The van der Waals surface area contributed by atoms with Crippen LogP contribution in [0.4, 0.5) is 4.39 Å². The Labute approximate surface area is 121 Å². The smallest absolute Gasteiger partial charge is 0.261 e. The van der Waals surface area contributed by atoms with Gasteiger partial charge in [-0.15, -0.1) is 0 Å². The van der Waals surface area contributed by atoms with Gasteiger partial charge < -0.3 is 0 Å². The third kappa shape index (κ3) is 1.79. The van der Waals surface area contributed by atoms with E-state index in [1.165, 1.54) is 17.0 Å². The average molecular weight is 281 g/mol. The van der Waals surface area contributed by atoms with Crippen molar-refractivity contribution in [2.24, 2.45) is 0 Å². The SMILES string of the molecule is O=C1c2ccccc2C(=O)N1[C@H]1C[C@@H]1c1ccc(F)cc1. The van der Waals surface area contributed by atoms with E-state index in [4.69, 9.17) is 0 Å². The Morgan fingerprint density at radius 1 is 0.905 bits per heavy atom. The van der Waals surface area contributed by atoms with Crippen molar-refractivity contribution >= 4 is 11.8 Å². The highest BCUT2D eigenvalue weighted by atomic mass is 19.1. The summed E-state index contributed by atoms with van der Waals surface area (Å²) < 4.78 is 13.0. The van der Waals surface area contributed by atoms with Gasteiger partial charge in [0.15, 0.2) is 0 Å². The van der Waals surface area contributed by atoms with Crippen molar-refractivity contribution in [2.75, 3.05) is 0 Å². The summed E-state index contributed by atoms with van der Waals surface area (Å²) in [6, 6.07) is 13.0. The lowest BCUT2D eigenvalue weighted by molar-refractivity contribution is 0.0639. The predicted molar refractivity (Wildman–Crippen MR) is 74.5 cm³/mol. The third-order valence-electron chi connectivity index (χ3n) is 4.21. The number of amides is 2. The number of carbonyl (C=O) groups excluding carboxylic acids is 2. The summed E-state index contributed by atoms with van der Waals surface area (Å²) in [5.74, 6) is -0.597. The number of fused-ring (bicyclic) bond motifs is 1. The predicted octanol–water partition coefficient (Wildman–Crippen LogP) is 2.98. The fraction of sp³-hybridized carbons (Fsp3) is 0.176. The molecule has 0 unspecified atom stereocenters. The Bertz CT molecular complexity index is 719. The first-order valence-electron chi connectivity index (χ1n) is 6.89. The lowest BCUT2D eigenvalue weighted by Gasteiger charge is -2.13. The van der Waals surface area contributed by atoms with Crippen LogP contribution in [0.15, 0.2) is 48.5 Å². The Balaban J connectivity index is 1.61. The topological polar surface area (TPSA) is 37.4 Å². The van der Waals surface area contributed by atoms with E-state index < -0.39 is 0 Å². The van der Waals surface area contributed by atoms with Crippen molar-refractivity contribution in [3.63, 3.8) is 0 Å². The molecule has 2 aliphatic rings. The second kappa shape index (κ2) is 4.25. The van der Waals surface area contributed by atoms with Gasteiger partial charge >= 0.3 is 0 Å². The molecule has 1 aliphatic carbocycles. The first-order valence-corrected chi connectivity index (χ1v) is 6.89. The number of hydrogen-bond acceptors (Lipinski definition) is 2. The van der Waals surface area contributed by atoms with Gasteiger partial charge in [0.2, 0.25) is 0 Å². The summed E-state index contributed by atoms with van der Waals surface area (Å²) in [6.07, 6.45) is 0.747. The molecule has 2 atom stereocenters. The van der Waals surface area contributed by atoms with Crippen LogP contribution in [0, 0.1) is 5.82 Å². The van der Waals surface area contributed by atoms with E-state index in [0.29, 0.717) is 11.1 Å². The van der Waals surface area contributed by atoms with Gasteiger partial charge in [0.25, 0.3) is 11.8 Å². The van der Waals surface area contributed by atoms with Crippen molar-refractivity contribution < 1.29 is 14.0 Å². The first kappa shape index (κ1) is 12.3. The number of rotatable bonds is 2. The standard InChI is InChI=1S/C17H12FNO2/c18-11-7-5-10(6-8-11)14-9-15(14)19-16(20)12-3-1-2-4-13(12)17(19)21/h1-8,14-15H,9H2/t14-,15+/m1/s1. The van der Waals surface area contributed by atoms with Gasteiger partial charge in [0.1, 0.15) is 5.82 Å². The molecule has 0 aromatic heterocycles. The Hall–Kier alpha value is -2.49. The van der Waals surface area contributed by atoms with Crippen LogP contribution in [0.1, 0.15) is 38.6 Å². The fourth-order valence-electron chi connectivity index (χ4n) is 3.04. The summed E-state index contributed by atoms with van der Waals surface area (Å²) in [7, 11) is 0. The molecule has 4 rings (SSSR count). The minimum atomic E-state index is -0.281. The first-order chi connectivity index (χ1) is 10.2. The molecule has 1 aliphatic heterocycles. The van der Waals surface area contributed by atoms with Crippen molar-refractivity contribution in [1.82, 2.24) is 4.90 Å².